The molecule has 21 heavy (non-hydrogen) atoms. The van der Waals surface area contributed by atoms with Gasteiger partial charge in [0.25, 0.3) is 0 Å². The maximum absolute atomic E-state index is 13.6. The summed E-state index contributed by atoms with van der Waals surface area (Å²) in [5.41, 5.74) is 3.28. The Morgan fingerprint density at radius 3 is 2.00 bits per heavy atom. The highest BCUT2D eigenvalue weighted by molar-refractivity contribution is 5.55. The molecule has 0 saturated carbocycles. The molecule has 0 unspecified atom stereocenters. The van der Waals surface area contributed by atoms with Crippen LogP contribution in [0.15, 0.2) is 30.3 Å². The smallest absolute Gasteiger partial charge is 0.416 e. The third-order valence-corrected chi connectivity index (χ3v) is 2.55. The van der Waals surface area contributed by atoms with E-state index in [1.807, 2.05) is 0 Å². The van der Waals surface area contributed by atoms with E-state index in [2.05, 4.69) is 0 Å². The Morgan fingerprint density at radius 1 is 0.905 bits per heavy atom. The molecule has 0 saturated heterocycles. The van der Waals surface area contributed by atoms with Gasteiger partial charge >= 0.3 is 6.18 Å². The van der Waals surface area contributed by atoms with Gasteiger partial charge in [-0.3, -0.25) is 0 Å². The average molecular weight is 307 g/mol. The monoisotopic (exact) mass is 307 g/mol. The van der Waals surface area contributed by atoms with Crippen molar-refractivity contribution in [2.24, 2.45) is 0 Å². The molecule has 2 nitrogen and oxygen atoms in total. The minimum atomic E-state index is -4.90. The van der Waals surface area contributed by atoms with Crippen LogP contribution in [0, 0.1) is 17.5 Å². The number of para-hydroxylation sites is 1. The van der Waals surface area contributed by atoms with Gasteiger partial charge in [-0.1, -0.05) is 6.07 Å². The summed E-state index contributed by atoms with van der Waals surface area (Å²) in [4.78, 5) is 0. The highest BCUT2D eigenvalue weighted by atomic mass is 19.4. The van der Waals surface area contributed by atoms with Crippen LogP contribution in [0.25, 0.3) is 0 Å². The number of hydrogen-bond acceptors (Lipinski definition) is 2. The van der Waals surface area contributed by atoms with Crippen molar-refractivity contribution in [3.05, 3.63) is 53.3 Å². The van der Waals surface area contributed by atoms with Crippen molar-refractivity contribution in [1.29, 1.82) is 0 Å². The van der Waals surface area contributed by atoms with Gasteiger partial charge < -0.3 is 10.5 Å². The quantitative estimate of drug-likeness (QED) is 0.655. The van der Waals surface area contributed by atoms with Crippen LogP contribution in [0.5, 0.6) is 11.5 Å². The van der Waals surface area contributed by atoms with Gasteiger partial charge in [0.2, 0.25) is 0 Å². The predicted octanol–water partition coefficient (Wildman–Crippen LogP) is 4.50. The van der Waals surface area contributed by atoms with E-state index in [9.17, 15) is 26.3 Å². The highest BCUT2D eigenvalue weighted by Gasteiger charge is 2.33. The summed E-state index contributed by atoms with van der Waals surface area (Å²) in [7, 11) is 0. The molecule has 0 aliphatic heterocycles. The molecule has 0 atom stereocenters. The predicted molar refractivity (Wildman–Crippen MR) is 62.2 cm³/mol. The van der Waals surface area contributed by atoms with Gasteiger partial charge in [-0.15, -0.1) is 0 Å². The molecule has 8 heteroatoms. The zero-order chi connectivity index (χ0) is 15.8. The Balaban J connectivity index is 2.44. The topological polar surface area (TPSA) is 35.2 Å². The van der Waals surface area contributed by atoms with Crippen molar-refractivity contribution in [1.82, 2.24) is 0 Å². The van der Waals surface area contributed by atoms with Crippen LogP contribution in [0.4, 0.5) is 32.0 Å². The van der Waals surface area contributed by atoms with E-state index in [1.165, 1.54) is 6.07 Å². The molecule has 2 aromatic carbocycles. The Morgan fingerprint density at radius 2 is 1.48 bits per heavy atom. The standard InChI is InChI=1S/C13H7F6NO/c14-7-2-1-3-10(11(7)20)21-12-8(15)4-6(5-9(12)16)13(17,18)19/h1-5H,20H2. The van der Waals surface area contributed by atoms with E-state index < -0.39 is 46.4 Å². The molecule has 0 aromatic heterocycles. The van der Waals surface area contributed by atoms with Crippen molar-refractivity contribution in [2.75, 3.05) is 5.73 Å². The summed E-state index contributed by atoms with van der Waals surface area (Å²) in [6, 6.07) is 3.43. The SMILES string of the molecule is Nc1c(F)cccc1Oc1c(F)cc(C(F)(F)F)cc1F. The van der Waals surface area contributed by atoms with Crippen LogP contribution in [0.1, 0.15) is 5.56 Å². The normalized spacial score (nSPS) is 11.5. The number of halogens is 6. The molecule has 0 heterocycles. The molecule has 2 rings (SSSR count). The summed E-state index contributed by atoms with van der Waals surface area (Å²) in [5.74, 6) is -5.55. The fraction of sp³-hybridized carbons (Fsp3) is 0.0769. The molecule has 0 aliphatic carbocycles. The first-order chi connectivity index (χ1) is 9.70. The zero-order valence-electron chi connectivity index (χ0n) is 10.1. The van der Waals surface area contributed by atoms with Crippen molar-refractivity contribution in [3.8, 4) is 11.5 Å². The second-order valence-electron chi connectivity index (χ2n) is 4.02. The molecule has 112 valence electrons. The van der Waals surface area contributed by atoms with Crippen molar-refractivity contribution in [2.45, 2.75) is 6.18 Å². The fourth-order valence-electron chi connectivity index (χ4n) is 1.54. The van der Waals surface area contributed by atoms with Crippen LogP contribution < -0.4 is 10.5 Å². The Hall–Kier alpha value is -2.38. The van der Waals surface area contributed by atoms with Gasteiger partial charge in [-0.2, -0.15) is 13.2 Å². The lowest BCUT2D eigenvalue weighted by molar-refractivity contribution is -0.138. The number of nitrogen functional groups attached to an aromatic ring is 1. The van der Waals surface area contributed by atoms with Gasteiger partial charge in [0.1, 0.15) is 11.5 Å². The first kappa shape index (κ1) is 15.0. The largest absolute Gasteiger partial charge is 0.449 e. The van der Waals surface area contributed by atoms with Crippen molar-refractivity contribution in [3.63, 3.8) is 0 Å². The maximum atomic E-state index is 13.6. The third kappa shape index (κ3) is 3.04. The minimum Gasteiger partial charge on any atom is -0.449 e. The molecule has 0 bridgehead atoms. The molecule has 2 aromatic rings. The van der Waals surface area contributed by atoms with Gasteiger partial charge in [0.15, 0.2) is 23.1 Å². The van der Waals surface area contributed by atoms with Gasteiger partial charge in [0.05, 0.1) is 5.56 Å². The molecular formula is C13H7F6NO. The van der Waals surface area contributed by atoms with E-state index in [0.717, 1.165) is 12.1 Å². The minimum absolute atomic E-state index is 0.0773. The number of anilines is 1. The maximum Gasteiger partial charge on any atom is 0.416 e. The van der Waals surface area contributed by atoms with E-state index in [0.29, 0.717) is 0 Å². The number of benzene rings is 2. The average Bonchev–Trinajstić information content (AvgIpc) is 2.37. The first-order valence-electron chi connectivity index (χ1n) is 5.48. The van der Waals surface area contributed by atoms with Gasteiger partial charge in [-0.25, -0.2) is 13.2 Å². The number of ether oxygens (including phenoxy) is 1. The third-order valence-electron chi connectivity index (χ3n) is 2.55. The van der Waals surface area contributed by atoms with Crippen LogP contribution in [-0.2, 0) is 6.18 Å². The molecule has 2 N–H and O–H groups in total. The van der Waals surface area contributed by atoms with E-state index >= 15 is 0 Å². The summed E-state index contributed by atoms with van der Waals surface area (Å²) in [6.07, 6.45) is -4.90. The van der Waals surface area contributed by atoms with Crippen LogP contribution in [0.2, 0.25) is 0 Å². The number of nitrogens with two attached hydrogens (primary N) is 1. The highest BCUT2D eigenvalue weighted by Crippen LogP contribution is 2.37. The molecule has 0 amide bonds. The summed E-state index contributed by atoms with van der Waals surface area (Å²) in [5, 5.41) is 0. The van der Waals surface area contributed by atoms with Gasteiger partial charge in [-0.05, 0) is 24.3 Å². The molecule has 0 fully saturated rings. The summed E-state index contributed by atoms with van der Waals surface area (Å²) >= 11 is 0. The lowest BCUT2D eigenvalue weighted by Gasteiger charge is -2.13. The van der Waals surface area contributed by atoms with Crippen molar-refractivity contribution < 1.29 is 31.1 Å². The van der Waals surface area contributed by atoms with Crippen LogP contribution >= 0.6 is 0 Å². The van der Waals surface area contributed by atoms with E-state index in [-0.39, 0.29) is 12.1 Å². The first-order valence-corrected chi connectivity index (χ1v) is 5.48. The number of hydrogen-bond donors (Lipinski definition) is 1. The molecule has 0 aliphatic rings. The Labute approximate surface area is 114 Å². The Bertz CT molecular complexity index is 660. The fourth-order valence-corrected chi connectivity index (χ4v) is 1.54. The van der Waals surface area contributed by atoms with Crippen LogP contribution in [0.3, 0.4) is 0 Å². The Kier molecular flexibility index (Phi) is 3.71. The second kappa shape index (κ2) is 5.19. The van der Waals surface area contributed by atoms with Crippen molar-refractivity contribution >= 4 is 5.69 Å². The van der Waals surface area contributed by atoms with Gasteiger partial charge in [0, 0.05) is 0 Å². The molecule has 0 spiro atoms. The summed E-state index contributed by atoms with van der Waals surface area (Å²) in [6.45, 7) is 0. The summed E-state index contributed by atoms with van der Waals surface area (Å²) < 4.78 is 82.2. The van der Waals surface area contributed by atoms with E-state index in [1.54, 1.807) is 0 Å². The molecular weight excluding hydrogens is 300 g/mol. The number of rotatable bonds is 2. The molecule has 0 radical (unpaired) electrons. The lowest BCUT2D eigenvalue weighted by atomic mass is 10.2. The second-order valence-corrected chi connectivity index (χ2v) is 4.02. The lowest BCUT2D eigenvalue weighted by Crippen LogP contribution is -2.07. The number of alkyl halides is 3. The van der Waals surface area contributed by atoms with Crippen LogP contribution in [-0.4, -0.2) is 0 Å². The zero-order valence-corrected chi connectivity index (χ0v) is 10.1. The van der Waals surface area contributed by atoms with E-state index in [4.69, 9.17) is 10.5 Å².